The molecule has 0 spiro atoms. The number of aromatic nitrogens is 4. The van der Waals surface area contributed by atoms with E-state index in [1.807, 2.05) is 31.2 Å². The Bertz CT molecular complexity index is 884. The molecule has 1 atom stereocenters. The van der Waals surface area contributed by atoms with E-state index in [-0.39, 0.29) is 29.2 Å². The van der Waals surface area contributed by atoms with Crippen LogP contribution in [0.4, 0.5) is 0 Å². The van der Waals surface area contributed by atoms with E-state index in [1.54, 1.807) is 0 Å². The zero-order valence-electron chi connectivity index (χ0n) is 14.2. The molecule has 0 saturated carbocycles. The third-order valence-electron chi connectivity index (χ3n) is 3.76. The van der Waals surface area contributed by atoms with Crippen molar-refractivity contribution < 1.29 is 17.9 Å². The molecule has 9 nitrogen and oxygen atoms in total. The predicted molar refractivity (Wildman–Crippen MR) is 96.2 cm³/mol. The van der Waals surface area contributed by atoms with Crippen LogP contribution in [0.15, 0.2) is 29.4 Å². The Kier molecular flexibility index (Phi) is 5.77. The van der Waals surface area contributed by atoms with Crippen LogP contribution < -0.4 is 10.1 Å². The quantitative estimate of drug-likeness (QED) is 0.670. The Morgan fingerprint density at radius 3 is 2.96 bits per heavy atom. The molecule has 1 fully saturated rings. The second-order valence-electron chi connectivity index (χ2n) is 5.73. The van der Waals surface area contributed by atoms with Gasteiger partial charge in [0, 0.05) is 6.04 Å². The topological polar surface area (TPSA) is 116 Å². The third-order valence-corrected chi connectivity index (χ3v) is 6.45. The van der Waals surface area contributed by atoms with Crippen molar-refractivity contribution in [3.63, 3.8) is 0 Å². The Hall–Kier alpha value is -2.14. The number of rotatable bonds is 7. The van der Waals surface area contributed by atoms with Gasteiger partial charge in [0.25, 0.3) is 0 Å². The average molecular weight is 397 g/mol. The molecule has 0 bridgehead atoms. The first-order valence-corrected chi connectivity index (χ1v) is 10.9. The van der Waals surface area contributed by atoms with Gasteiger partial charge in [-0.3, -0.25) is 4.79 Å². The lowest BCUT2D eigenvalue weighted by Crippen LogP contribution is -2.36. The molecule has 1 unspecified atom stereocenters. The summed E-state index contributed by atoms with van der Waals surface area (Å²) in [4.78, 5) is 12.1. The summed E-state index contributed by atoms with van der Waals surface area (Å²) in [6.07, 6.45) is 0.457. The molecule has 1 saturated heterocycles. The van der Waals surface area contributed by atoms with Crippen molar-refractivity contribution in [1.82, 2.24) is 25.5 Å². The highest BCUT2D eigenvalue weighted by molar-refractivity contribution is 7.99. The van der Waals surface area contributed by atoms with Gasteiger partial charge in [0.1, 0.15) is 11.4 Å². The number of hydrogen-bond acceptors (Lipinski definition) is 8. The Morgan fingerprint density at radius 2 is 2.23 bits per heavy atom. The maximum Gasteiger partial charge on any atom is 0.230 e. The van der Waals surface area contributed by atoms with Crippen molar-refractivity contribution in [2.45, 2.75) is 24.5 Å². The summed E-state index contributed by atoms with van der Waals surface area (Å²) >= 11 is 1.18. The van der Waals surface area contributed by atoms with E-state index in [4.69, 9.17) is 4.74 Å². The van der Waals surface area contributed by atoms with E-state index in [0.717, 1.165) is 0 Å². The van der Waals surface area contributed by atoms with Gasteiger partial charge in [-0.25, -0.2) is 8.42 Å². The molecule has 140 valence electrons. The molecule has 1 amide bonds. The van der Waals surface area contributed by atoms with Gasteiger partial charge in [-0.05, 0) is 35.9 Å². The maximum atomic E-state index is 12.1. The van der Waals surface area contributed by atoms with E-state index < -0.39 is 9.84 Å². The molecule has 2 heterocycles. The number of tetrazole rings is 1. The first kappa shape index (κ1) is 18.6. The minimum atomic E-state index is -3.02. The summed E-state index contributed by atoms with van der Waals surface area (Å²) in [5.74, 6) is 0.614. The second kappa shape index (κ2) is 8.04. The Morgan fingerprint density at radius 1 is 1.42 bits per heavy atom. The number of sulfone groups is 1. The average Bonchev–Trinajstić information content (AvgIpc) is 3.20. The number of nitrogens with one attached hydrogen (secondary N) is 1. The van der Waals surface area contributed by atoms with Crippen molar-refractivity contribution in [2.75, 3.05) is 23.9 Å². The highest BCUT2D eigenvalue weighted by atomic mass is 32.2. The van der Waals surface area contributed by atoms with Crippen molar-refractivity contribution in [1.29, 1.82) is 0 Å². The summed E-state index contributed by atoms with van der Waals surface area (Å²) in [5.41, 5.74) is 0.684. The molecule has 0 radical (unpaired) electrons. The first-order chi connectivity index (χ1) is 12.5. The van der Waals surface area contributed by atoms with Crippen LogP contribution in [-0.2, 0) is 14.6 Å². The number of ether oxygens (including phenoxy) is 1. The predicted octanol–water partition coefficient (Wildman–Crippen LogP) is 0.456. The summed E-state index contributed by atoms with van der Waals surface area (Å²) in [5, 5.41) is 14.8. The zero-order valence-corrected chi connectivity index (χ0v) is 15.8. The molecule has 1 aliphatic rings. The maximum absolute atomic E-state index is 12.1. The monoisotopic (exact) mass is 397 g/mol. The molecule has 11 heteroatoms. The van der Waals surface area contributed by atoms with Crippen molar-refractivity contribution in [2.24, 2.45) is 0 Å². The second-order valence-corrected chi connectivity index (χ2v) is 8.90. The van der Waals surface area contributed by atoms with Crippen LogP contribution in [0.3, 0.4) is 0 Å². The van der Waals surface area contributed by atoms with Crippen molar-refractivity contribution in [3.8, 4) is 11.4 Å². The van der Waals surface area contributed by atoms with Crippen molar-refractivity contribution >= 4 is 27.5 Å². The molecule has 1 aromatic heterocycles. The zero-order chi connectivity index (χ0) is 18.6. The van der Waals surface area contributed by atoms with Gasteiger partial charge < -0.3 is 10.1 Å². The fourth-order valence-electron chi connectivity index (χ4n) is 2.64. The van der Waals surface area contributed by atoms with Crippen molar-refractivity contribution in [3.05, 3.63) is 24.3 Å². The van der Waals surface area contributed by atoms with E-state index in [2.05, 4.69) is 20.8 Å². The molecular formula is C15H19N5O4S2. The summed E-state index contributed by atoms with van der Waals surface area (Å²) in [6.45, 7) is 2.40. The van der Waals surface area contributed by atoms with Crippen LogP contribution in [0.1, 0.15) is 13.3 Å². The number of carbonyl (C=O) groups is 1. The van der Waals surface area contributed by atoms with Crippen LogP contribution in [0, 0.1) is 0 Å². The lowest BCUT2D eigenvalue weighted by atomic mass is 10.3. The highest BCUT2D eigenvalue weighted by Gasteiger charge is 2.29. The van der Waals surface area contributed by atoms with Gasteiger partial charge in [0.15, 0.2) is 9.84 Å². The lowest BCUT2D eigenvalue weighted by Gasteiger charge is -2.11. The molecular weight excluding hydrogens is 378 g/mol. The third kappa shape index (κ3) is 4.52. The minimum absolute atomic E-state index is 0.00285. The molecule has 1 aromatic carbocycles. The number of carbonyl (C=O) groups excluding carboxylic acids is 1. The van der Waals surface area contributed by atoms with Crippen LogP contribution in [-0.4, -0.2) is 64.4 Å². The van der Waals surface area contributed by atoms with Crippen LogP contribution in [0.25, 0.3) is 5.69 Å². The van der Waals surface area contributed by atoms with Gasteiger partial charge in [-0.15, -0.1) is 5.10 Å². The van der Waals surface area contributed by atoms with Crippen LogP contribution in [0.2, 0.25) is 0 Å². The summed E-state index contributed by atoms with van der Waals surface area (Å²) in [6, 6.07) is 7.04. The first-order valence-electron chi connectivity index (χ1n) is 8.11. The number of benzene rings is 1. The molecule has 3 rings (SSSR count). The number of thioether (sulfide) groups is 1. The van der Waals surface area contributed by atoms with E-state index in [0.29, 0.717) is 29.6 Å². The SMILES string of the molecule is CCOc1ccccc1-n1nnnc1SCC(=O)NC1CCS(=O)(=O)C1. The normalized spacial score (nSPS) is 18.6. The summed E-state index contributed by atoms with van der Waals surface area (Å²) in [7, 11) is -3.02. The van der Waals surface area contributed by atoms with Gasteiger partial charge in [-0.2, -0.15) is 4.68 Å². The molecule has 26 heavy (non-hydrogen) atoms. The standard InChI is InChI=1S/C15H19N5O4S2/c1-2-24-13-6-4-3-5-12(13)20-15(17-18-19-20)25-9-14(21)16-11-7-8-26(22,23)10-11/h3-6,11H,2,7-10H2,1H3,(H,16,21). The molecule has 2 aromatic rings. The van der Waals surface area contributed by atoms with Crippen LogP contribution >= 0.6 is 11.8 Å². The smallest absolute Gasteiger partial charge is 0.230 e. The van der Waals surface area contributed by atoms with Crippen LogP contribution in [0.5, 0.6) is 5.75 Å². The number of hydrogen-bond donors (Lipinski definition) is 1. The van der Waals surface area contributed by atoms with E-state index in [9.17, 15) is 13.2 Å². The highest BCUT2D eigenvalue weighted by Crippen LogP contribution is 2.25. The van der Waals surface area contributed by atoms with Gasteiger partial charge in [0.2, 0.25) is 11.1 Å². The van der Waals surface area contributed by atoms with E-state index in [1.165, 1.54) is 16.4 Å². The molecule has 1 aliphatic heterocycles. The Labute approximate surface area is 155 Å². The number of para-hydroxylation sites is 2. The van der Waals surface area contributed by atoms with Gasteiger partial charge in [-0.1, -0.05) is 23.9 Å². The van der Waals surface area contributed by atoms with Gasteiger partial charge >= 0.3 is 0 Å². The fourth-order valence-corrected chi connectivity index (χ4v) is 5.01. The summed E-state index contributed by atoms with van der Waals surface area (Å²) < 4.78 is 30.0. The molecule has 1 N–H and O–H groups in total. The Balaban J connectivity index is 1.64. The molecule has 0 aliphatic carbocycles. The largest absolute Gasteiger partial charge is 0.492 e. The lowest BCUT2D eigenvalue weighted by molar-refractivity contribution is -0.119. The van der Waals surface area contributed by atoms with Gasteiger partial charge in [0.05, 0.1) is 23.9 Å². The number of nitrogens with zero attached hydrogens (tertiary/aromatic N) is 4. The fraction of sp³-hybridized carbons (Fsp3) is 0.467. The minimum Gasteiger partial charge on any atom is -0.492 e. The number of amides is 1. The van der Waals surface area contributed by atoms with E-state index >= 15 is 0 Å².